The first-order chi connectivity index (χ1) is 10.6. The molecular weight excluding hydrogens is 272 g/mol. The van der Waals surface area contributed by atoms with Gasteiger partial charge in [-0.3, -0.25) is 0 Å². The highest BCUT2D eigenvalue weighted by molar-refractivity contribution is 4.74. The quantitative estimate of drug-likeness (QED) is 0.692. The average Bonchev–Trinajstić information content (AvgIpc) is 2.55. The second-order valence-corrected chi connectivity index (χ2v) is 7.17. The molecule has 0 unspecified atom stereocenters. The molecule has 3 nitrogen and oxygen atoms in total. The number of rotatable bonds is 6. The van der Waals surface area contributed by atoms with E-state index in [1.165, 1.54) is 51.9 Å². The molecule has 0 aliphatic carbocycles. The fourth-order valence-electron chi connectivity index (χ4n) is 3.37. The van der Waals surface area contributed by atoms with Crippen LogP contribution >= 0.6 is 0 Å². The molecule has 22 heavy (non-hydrogen) atoms. The van der Waals surface area contributed by atoms with Gasteiger partial charge in [-0.15, -0.1) is 0 Å². The fraction of sp³-hybridized carbons (Fsp3) is 1.00. The summed E-state index contributed by atoms with van der Waals surface area (Å²) < 4.78 is 5.94. The summed E-state index contributed by atoms with van der Waals surface area (Å²) in [6.45, 7) is 19.1. The van der Waals surface area contributed by atoms with Gasteiger partial charge in [-0.1, -0.05) is 20.8 Å². The molecule has 2 fully saturated rings. The van der Waals surface area contributed by atoms with Gasteiger partial charge in [0.2, 0.25) is 0 Å². The molecule has 0 atom stereocenters. The van der Waals surface area contributed by atoms with Crippen LogP contribution in [-0.2, 0) is 4.74 Å². The van der Waals surface area contributed by atoms with Gasteiger partial charge in [0.1, 0.15) is 0 Å². The lowest BCUT2D eigenvalue weighted by Gasteiger charge is -2.34. The second kappa shape index (κ2) is 11.4. The molecule has 0 aromatic rings. The second-order valence-electron chi connectivity index (χ2n) is 7.17. The number of hydrogen-bond donors (Lipinski definition) is 0. The van der Waals surface area contributed by atoms with E-state index < -0.39 is 0 Å². The Bertz CT molecular complexity index is 254. The Morgan fingerprint density at radius 2 is 1.55 bits per heavy atom. The van der Waals surface area contributed by atoms with Crippen molar-refractivity contribution in [3.63, 3.8) is 0 Å². The van der Waals surface area contributed by atoms with Gasteiger partial charge in [0.25, 0.3) is 0 Å². The Kier molecular flexibility index (Phi) is 10.3. The molecule has 2 rings (SSSR count). The van der Waals surface area contributed by atoms with E-state index in [0.717, 1.165) is 31.6 Å². The number of nitrogens with zero attached hydrogens (tertiary/aromatic N) is 2. The van der Waals surface area contributed by atoms with Gasteiger partial charge in [0, 0.05) is 19.2 Å². The minimum absolute atomic E-state index is 0.707. The van der Waals surface area contributed by atoms with E-state index in [1.54, 1.807) is 0 Å². The monoisotopic (exact) mass is 312 g/mol. The summed E-state index contributed by atoms with van der Waals surface area (Å²) in [5.74, 6) is 1.73. The molecule has 0 radical (unpaired) electrons. The van der Waals surface area contributed by atoms with Crippen LogP contribution in [0.3, 0.4) is 0 Å². The molecule has 2 saturated heterocycles. The van der Waals surface area contributed by atoms with Crippen molar-refractivity contribution in [1.82, 2.24) is 9.80 Å². The highest BCUT2D eigenvalue weighted by Gasteiger charge is 2.21. The lowest BCUT2D eigenvalue weighted by atomic mass is 9.97. The summed E-state index contributed by atoms with van der Waals surface area (Å²) in [5.41, 5.74) is 0. The zero-order valence-electron chi connectivity index (χ0n) is 15.8. The topological polar surface area (TPSA) is 15.7 Å². The number of likely N-dealkylation sites (tertiary alicyclic amines) is 2. The van der Waals surface area contributed by atoms with Gasteiger partial charge in [-0.25, -0.2) is 0 Å². The van der Waals surface area contributed by atoms with E-state index in [4.69, 9.17) is 4.74 Å². The molecule has 0 aromatic carbocycles. The number of ether oxygens (including phenoxy) is 1. The summed E-state index contributed by atoms with van der Waals surface area (Å²) in [6, 6.07) is 0.707. The Balaban J connectivity index is 0.00000116. The third-order valence-electron chi connectivity index (χ3n) is 5.16. The summed E-state index contributed by atoms with van der Waals surface area (Å²) >= 11 is 0. The van der Waals surface area contributed by atoms with Crippen molar-refractivity contribution >= 4 is 0 Å². The maximum Gasteiger partial charge on any atom is 0.0593 e. The first kappa shape index (κ1) is 19.9. The number of hydrogen-bond acceptors (Lipinski definition) is 3. The standard InChI is InChI=1S/C17H34N2O.C2H6/c1-15(2)19-10-6-17(7-11-19)14-20-13-12-18-8-4-16(3)5-9-18;1-2/h15-17H,4-14H2,1-3H3;1-2H3. The summed E-state index contributed by atoms with van der Waals surface area (Å²) in [4.78, 5) is 5.16. The van der Waals surface area contributed by atoms with Gasteiger partial charge >= 0.3 is 0 Å². The molecule has 2 heterocycles. The summed E-state index contributed by atoms with van der Waals surface area (Å²) in [5, 5.41) is 0. The van der Waals surface area contributed by atoms with Crippen LogP contribution in [0.15, 0.2) is 0 Å². The van der Waals surface area contributed by atoms with Crippen molar-refractivity contribution < 1.29 is 4.74 Å². The third kappa shape index (κ3) is 7.43. The predicted molar refractivity (Wildman–Crippen MR) is 96.4 cm³/mol. The van der Waals surface area contributed by atoms with Crippen LogP contribution in [0.4, 0.5) is 0 Å². The average molecular weight is 313 g/mol. The third-order valence-corrected chi connectivity index (χ3v) is 5.16. The van der Waals surface area contributed by atoms with Crippen LogP contribution < -0.4 is 0 Å². The first-order valence-electron chi connectivity index (χ1n) is 9.69. The lowest BCUT2D eigenvalue weighted by molar-refractivity contribution is 0.0434. The van der Waals surface area contributed by atoms with Crippen LogP contribution in [0.5, 0.6) is 0 Å². The minimum atomic E-state index is 0.707. The molecule has 2 aliphatic heterocycles. The first-order valence-corrected chi connectivity index (χ1v) is 9.69. The van der Waals surface area contributed by atoms with E-state index in [2.05, 4.69) is 30.6 Å². The van der Waals surface area contributed by atoms with Crippen LogP contribution in [0.2, 0.25) is 0 Å². The zero-order valence-corrected chi connectivity index (χ0v) is 15.8. The van der Waals surface area contributed by atoms with Crippen molar-refractivity contribution in [2.24, 2.45) is 11.8 Å². The molecule has 2 aliphatic rings. The van der Waals surface area contributed by atoms with Crippen molar-refractivity contribution in [3.8, 4) is 0 Å². The molecule has 132 valence electrons. The molecule has 3 heteroatoms. The summed E-state index contributed by atoms with van der Waals surface area (Å²) in [6.07, 6.45) is 5.38. The molecule has 0 bridgehead atoms. The Morgan fingerprint density at radius 3 is 2.09 bits per heavy atom. The zero-order chi connectivity index (χ0) is 16.4. The normalized spacial score (nSPS) is 22.6. The van der Waals surface area contributed by atoms with Crippen molar-refractivity contribution in [1.29, 1.82) is 0 Å². The highest BCUT2D eigenvalue weighted by atomic mass is 16.5. The van der Waals surface area contributed by atoms with Gasteiger partial charge < -0.3 is 14.5 Å². The van der Waals surface area contributed by atoms with Crippen LogP contribution in [0.25, 0.3) is 0 Å². The molecule has 0 spiro atoms. The lowest BCUT2D eigenvalue weighted by Crippen LogP contribution is -2.39. The molecule has 0 saturated carbocycles. The van der Waals surface area contributed by atoms with Crippen LogP contribution in [-0.4, -0.2) is 61.8 Å². The van der Waals surface area contributed by atoms with Crippen LogP contribution in [0.1, 0.15) is 60.3 Å². The number of piperidine rings is 2. The van der Waals surface area contributed by atoms with Crippen molar-refractivity contribution in [2.75, 3.05) is 45.9 Å². The molecule has 0 N–H and O–H groups in total. The summed E-state index contributed by atoms with van der Waals surface area (Å²) in [7, 11) is 0. The van der Waals surface area contributed by atoms with E-state index >= 15 is 0 Å². The van der Waals surface area contributed by atoms with E-state index in [-0.39, 0.29) is 0 Å². The van der Waals surface area contributed by atoms with Crippen molar-refractivity contribution in [3.05, 3.63) is 0 Å². The van der Waals surface area contributed by atoms with E-state index in [9.17, 15) is 0 Å². The van der Waals surface area contributed by atoms with E-state index in [1.807, 2.05) is 13.8 Å². The molecular formula is C19H40N2O. The van der Waals surface area contributed by atoms with E-state index in [0.29, 0.717) is 6.04 Å². The maximum atomic E-state index is 5.94. The largest absolute Gasteiger partial charge is 0.380 e. The maximum absolute atomic E-state index is 5.94. The SMILES string of the molecule is CC.CC1CCN(CCOCC2CCN(C(C)C)CC2)CC1. The van der Waals surface area contributed by atoms with Crippen LogP contribution in [0, 0.1) is 11.8 Å². The molecule has 0 aromatic heterocycles. The van der Waals surface area contributed by atoms with Gasteiger partial charge in [-0.05, 0) is 77.5 Å². The van der Waals surface area contributed by atoms with Gasteiger partial charge in [-0.2, -0.15) is 0 Å². The van der Waals surface area contributed by atoms with Crippen molar-refractivity contribution in [2.45, 2.75) is 66.3 Å². The Morgan fingerprint density at radius 1 is 0.955 bits per heavy atom. The molecule has 0 amide bonds. The Labute approximate surface area is 139 Å². The predicted octanol–water partition coefficient (Wildman–Crippen LogP) is 3.88. The highest BCUT2D eigenvalue weighted by Crippen LogP contribution is 2.19. The Hall–Kier alpha value is -0.120. The fourth-order valence-corrected chi connectivity index (χ4v) is 3.37. The minimum Gasteiger partial charge on any atom is -0.380 e. The van der Waals surface area contributed by atoms with Gasteiger partial charge in [0.05, 0.1) is 6.61 Å². The van der Waals surface area contributed by atoms with Gasteiger partial charge in [0.15, 0.2) is 0 Å². The smallest absolute Gasteiger partial charge is 0.0593 e.